The standard InChI is InChI=1S/C10H20N2O2/c1-3-12-6-4-5-9(12)7-11-10(13)8-14-2/h9H,3-8H2,1-2H3,(H,11,13)/t9-/m1/s1. The number of ether oxygens (including phenoxy) is 1. The summed E-state index contributed by atoms with van der Waals surface area (Å²) in [4.78, 5) is 13.5. The summed E-state index contributed by atoms with van der Waals surface area (Å²) in [6.07, 6.45) is 2.44. The molecule has 1 saturated heterocycles. The highest BCUT2D eigenvalue weighted by molar-refractivity contribution is 5.77. The Hall–Kier alpha value is -0.610. The predicted octanol–water partition coefficient (Wildman–Crippen LogP) is 0.233. The van der Waals surface area contributed by atoms with E-state index < -0.39 is 0 Å². The highest BCUT2D eigenvalue weighted by Gasteiger charge is 2.22. The van der Waals surface area contributed by atoms with Gasteiger partial charge in [0.05, 0.1) is 0 Å². The van der Waals surface area contributed by atoms with Crippen LogP contribution in [0.1, 0.15) is 19.8 Å². The Bertz CT molecular complexity index is 185. The topological polar surface area (TPSA) is 41.6 Å². The van der Waals surface area contributed by atoms with Gasteiger partial charge in [-0.2, -0.15) is 0 Å². The summed E-state index contributed by atoms with van der Waals surface area (Å²) in [7, 11) is 1.54. The first-order valence-corrected chi connectivity index (χ1v) is 5.27. The van der Waals surface area contributed by atoms with E-state index >= 15 is 0 Å². The molecular formula is C10H20N2O2. The van der Waals surface area contributed by atoms with Crippen molar-refractivity contribution in [2.24, 2.45) is 0 Å². The molecule has 0 aromatic rings. The summed E-state index contributed by atoms with van der Waals surface area (Å²) in [6.45, 7) is 5.33. The molecule has 1 fully saturated rings. The molecule has 0 aromatic carbocycles. The third-order valence-electron chi connectivity index (χ3n) is 2.72. The van der Waals surface area contributed by atoms with Gasteiger partial charge in [-0.3, -0.25) is 9.69 Å². The Morgan fingerprint density at radius 1 is 1.64 bits per heavy atom. The number of hydrogen-bond acceptors (Lipinski definition) is 3. The number of rotatable bonds is 5. The van der Waals surface area contributed by atoms with Gasteiger partial charge in [-0.05, 0) is 25.9 Å². The second-order valence-corrected chi connectivity index (χ2v) is 3.66. The van der Waals surface area contributed by atoms with Crippen molar-refractivity contribution >= 4 is 5.91 Å². The minimum Gasteiger partial charge on any atom is -0.375 e. The lowest BCUT2D eigenvalue weighted by Gasteiger charge is -2.22. The lowest BCUT2D eigenvalue weighted by molar-refractivity contribution is -0.124. The summed E-state index contributed by atoms with van der Waals surface area (Å²) in [5, 5.41) is 2.88. The van der Waals surface area contributed by atoms with Gasteiger partial charge in [0.25, 0.3) is 0 Å². The zero-order valence-corrected chi connectivity index (χ0v) is 9.08. The molecule has 0 spiro atoms. The maximum Gasteiger partial charge on any atom is 0.246 e. The third kappa shape index (κ3) is 3.27. The predicted molar refractivity (Wildman–Crippen MR) is 55.2 cm³/mol. The quantitative estimate of drug-likeness (QED) is 0.691. The first-order chi connectivity index (χ1) is 6.77. The lowest BCUT2D eigenvalue weighted by atomic mass is 10.2. The summed E-state index contributed by atoms with van der Waals surface area (Å²) in [6, 6.07) is 0.529. The number of carbonyl (C=O) groups is 1. The molecule has 1 aliphatic heterocycles. The van der Waals surface area contributed by atoms with Crippen molar-refractivity contribution in [2.75, 3.05) is 33.4 Å². The lowest BCUT2D eigenvalue weighted by Crippen LogP contribution is -2.41. The van der Waals surface area contributed by atoms with Crippen LogP contribution >= 0.6 is 0 Å². The van der Waals surface area contributed by atoms with Crippen LogP contribution < -0.4 is 5.32 Å². The van der Waals surface area contributed by atoms with Crippen molar-refractivity contribution in [3.63, 3.8) is 0 Å². The van der Waals surface area contributed by atoms with Crippen LogP contribution in [0.2, 0.25) is 0 Å². The van der Waals surface area contributed by atoms with E-state index in [-0.39, 0.29) is 12.5 Å². The van der Waals surface area contributed by atoms with E-state index in [9.17, 15) is 4.79 Å². The number of methoxy groups -OCH3 is 1. The maximum atomic E-state index is 11.1. The molecule has 0 unspecified atom stereocenters. The molecule has 1 heterocycles. The maximum absolute atomic E-state index is 11.1. The number of likely N-dealkylation sites (tertiary alicyclic amines) is 1. The zero-order chi connectivity index (χ0) is 10.4. The summed E-state index contributed by atoms with van der Waals surface area (Å²) in [5.74, 6) is -0.0181. The fourth-order valence-corrected chi connectivity index (χ4v) is 1.96. The van der Waals surface area contributed by atoms with Gasteiger partial charge in [0.15, 0.2) is 0 Å². The Morgan fingerprint density at radius 3 is 3.07 bits per heavy atom. The smallest absolute Gasteiger partial charge is 0.246 e. The molecule has 0 bridgehead atoms. The average molecular weight is 200 g/mol. The average Bonchev–Trinajstić information content (AvgIpc) is 2.62. The SMILES string of the molecule is CCN1CCC[C@@H]1CNC(=O)COC. The van der Waals surface area contributed by atoms with Crippen molar-refractivity contribution in [1.29, 1.82) is 0 Å². The van der Waals surface area contributed by atoms with Crippen molar-refractivity contribution in [3.05, 3.63) is 0 Å². The second-order valence-electron chi connectivity index (χ2n) is 3.66. The van der Waals surface area contributed by atoms with Crippen molar-refractivity contribution in [3.8, 4) is 0 Å². The normalized spacial score (nSPS) is 22.6. The first kappa shape index (κ1) is 11.5. The number of amides is 1. The monoisotopic (exact) mass is 200 g/mol. The van der Waals surface area contributed by atoms with Crippen molar-refractivity contribution < 1.29 is 9.53 Å². The Morgan fingerprint density at radius 2 is 2.43 bits per heavy atom. The van der Waals surface area contributed by atoms with Crippen LogP contribution in [-0.4, -0.2) is 50.2 Å². The second kappa shape index (κ2) is 5.98. The summed E-state index contributed by atoms with van der Waals surface area (Å²) < 4.78 is 4.75. The molecule has 4 heteroatoms. The molecule has 1 rings (SSSR count). The van der Waals surface area contributed by atoms with Gasteiger partial charge in [-0.1, -0.05) is 6.92 Å². The largest absolute Gasteiger partial charge is 0.375 e. The molecule has 0 saturated carbocycles. The van der Waals surface area contributed by atoms with E-state index in [1.807, 2.05) is 0 Å². The molecule has 14 heavy (non-hydrogen) atoms. The van der Waals surface area contributed by atoms with Crippen LogP contribution in [0.15, 0.2) is 0 Å². The number of likely N-dealkylation sites (N-methyl/N-ethyl adjacent to an activating group) is 1. The Kier molecular flexibility index (Phi) is 4.90. The number of carbonyl (C=O) groups excluding carboxylic acids is 1. The molecular weight excluding hydrogens is 180 g/mol. The number of hydrogen-bond donors (Lipinski definition) is 1. The molecule has 1 amide bonds. The van der Waals surface area contributed by atoms with Gasteiger partial charge < -0.3 is 10.1 Å². The van der Waals surface area contributed by atoms with Gasteiger partial charge in [-0.15, -0.1) is 0 Å². The fraction of sp³-hybridized carbons (Fsp3) is 0.900. The van der Waals surface area contributed by atoms with Crippen LogP contribution in [0.3, 0.4) is 0 Å². The van der Waals surface area contributed by atoms with Crippen LogP contribution in [0.5, 0.6) is 0 Å². The molecule has 1 N–H and O–H groups in total. The van der Waals surface area contributed by atoms with Gasteiger partial charge >= 0.3 is 0 Å². The van der Waals surface area contributed by atoms with E-state index in [0.717, 1.165) is 13.1 Å². The number of nitrogens with zero attached hydrogens (tertiary/aromatic N) is 1. The molecule has 0 aliphatic carbocycles. The van der Waals surface area contributed by atoms with Crippen molar-refractivity contribution in [2.45, 2.75) is 25.8 Å². The zero-order valence-electron chi connectivity index (χ0n) is 9.08. The van der Waals surface area contributed by atoms with E-state index in [0.29, 0.717) is 6.04 Å². The minimum atomic E-state index is -0.0181. The molecule has 1 atom stereocenters. The number of nitrogens with one attached hydrogen (secondary N) is 1. The summed E-state index contributed by atoms with van der Waals surface area (Å²) >= 11 is 0. The van der Waals surface area contributed by atoms with Crippen LogP contribution in [-0.2, 0) is 9.53 Å². The van der Waals surface area contributed by atoms with E-state index in [2.05, 4.69) is 17.1 Å². The highest BCUT2D eigenvalue weighted by atomic mass is 16.5. The van der Waals surface area contributed by atoms with E-state index in [4.69, 9.17) is 4.74 Å². The van der Waals surface area contributed by atoms with Crippen LogP contribution in [0, 0.1) is 0 Å². The molecule has 0 radical (unpaired) electrons. The van der Waals surface area contributed by atoms with E-state index in [1.165, 1.54) is 26.5 Å². The van der Waals surface area contributed by atoms with Crippen molar-refractivity contribution in [1.82, 2.24) is 10.2 Å². The highest BCUT2D eigenvalue weighted by Crippen LogP contribution is 2.15. The van der Waals surface area contributed by atoms with Gasteiger partial charge in [-0.25, -0.2) is 0 Å². The third-order valence-corrected chi connectivity index (χ3v) is 2.72. The van der Waals surface area contributed by atoms with Crippen LogP contribution in [0.4, 0.5) is 0 Å². The van der Waals surface area contributed by atoms with E-state index in [1.54, 1.807) is 0 Å². The molecule has 1 aliphatic rings. The fourth-order valence-electron chi connectivity index (χ4n) is 1.96. The molecule has 0 aromatic heterocycles. The molecule has 82 valence electrons. The molecule has 4 nitrogen and oxygen atoms in total. The first-order valence-electron chi connectivity index (χ1n) is 5.27. The Labute approximate surface area is 85.6 Å². The van der Waals surface area contributed by atoms with Gasteiger partial charge in [0, 0.05) is 19.7 Å². The Balaban J connectivity index is 2.20. The van der Waals surface area contributed by atoms with Gasteiger partial charge in [0.2, 0.25) is 5.91 Å². The summed E-state index contributed by atoms with van der Waals surface area (Å²) in [5.41, 5.74) is 0. The van der Waals surface area contributed by atoms with Crippen LogP contribution in [0.25, 0.3) is 0 Å². The minimum absolute atomic E-state index is 0.0181. The van der Waals surface area contributed by atoms with Gasteiger partial charge in [0.1, 0.15) is 6.61 Å².